The van der Waals surface area contributed by atoms with Gasteiger partial charge in [-0.05, 0) is 36.9 Å². The third-order valence-electron chi connectivity index (χ3n) is 2.63. The molecule has 4 nitrogen and oxygen atoms in total. The molecule has 1 aromatic rings. The van der Waals surface area contributed by atoms with Crippen LogP contribution in [0.5, 0.6) is 5.75 Å². The van der Waals surface area contributed by atoms with Crippen molar-refractivity contribution in [3.63, 3.8) is 0 Å². The lowest BCUT2D eigenvalue weighted by atomic mass is 10.2. The standard InChI is InChI=1S/C14H20O4Si/c1-16-14(15)10-7-12-5-8-13(9-6-12)18-11-19(3,4)17-2/h5-10H,11H2,1-4H3/b10-7+. The Bertz CT molecular complexity index is 437. The zero-order valence-electron chi connectivity index (χ0n) is 11.8. The van der Waals surface area contributed by atoms with Crippen LogP contribution in [0.25, 0.3) is 6.08 Å². The minimum Gasteiger partial charge on any atom is -0.494 e. The Morgan fingerprint density at radius 2 is 1.84 bits per heavy atom. The average Bonchev–Trinajstić information content (AvgIpc) is 2.43. The van der Waals surface area contributed by atoms with Gasteiger partial charge >= 0.3 is 5.97 Å². The summed E-state index contributed by atoms with van der Waals surface area (Å²) in [6.07, 6.45) is 3.70. The van der Waals surface area contributed by atoms with E-state index in [1.807, 2.05) is 24.3 Å². The zero-order chi connectivity index (χ0) is 14.3. The molecule has 1 aromatic carbocycles. The molecule has 19 heavy (non-hydrogen) atoms. The van der Waals surface area contributed by atoms with Crippen LogP contribution in [0.1, 0.15) is 5.56 Å². The number of carbonyl (C=O) groups is 1. The van der Waals surface area contributed by atoms with Crippen molar-refractivity contribution in [3.8, 4) is 5.75 Å². The van der Waals surface area contributed by atoms with E-state index in [4.69, 9.17) is 9.16 Å². The SMILES string of the molecule is COC(=O)/C=C/c1ccc(OC[Si](C)(C)OC)cc1. The molecule has 0 aromatic heterocycles. The molecule has 0 radical (unpaired) electrons. The Hall–Kier alpha value is -1.59. The van der Waals surface area contributed by atoms with E-state index in [1.165, 1.54) is 13.2 Å². The molecule has 5 heteroatoms. The molecule has 1 rings (SSSR count). The molecular formula is C14H20O4Si. The highest BCUT2D eigenvalue weighted by Crippen LogP contribution is 2.15. The van der Waals surface area contributed by atoms with E-state index in [0.717, 1.165) is 11.3 Å². The van der Waals surface area contributed by atoms with Gasteiger partial charge in [0.2, 0.25) is 8.32 Å². The lowest BCUT2D eigenvalue weighted by molar-refractivity contribution is -0.134. The summed E-state index contributed by atoms with van der Waals surface area (Å²) in [5, 5.41) is 0. The molecule has 0 unspecified atom stereocenters. The molecule has 0 amide bonds. The lowest BCUT2D eigenvalue weighted by Crippen LogP contribution is -2.37. The van der Waals surface area contributed by atoms with E-state index >= 15 is 0 Å². The topological polar surface area (TPSA) is 44.8 Å². The van der Waals surface area contributed by atoms with Gasteiger partial charge in [-0.15, -0.1) is 0 Å². The van der Waals surface area contributed by atoms with E-state index in [0.29, 0.717) is 6.23 Å². The smallest absolute Gasteiger partial charge is 0.330 e. The molecule has 0 saturated heterocycles. The fraction of sp³-hybridized carbons (Fsp3) is 0.357. The van der Waals surface area contributed by atoms with Gasteiger partial charge in [0.25, 0.3) is 0 Å². The van der Waals surface area contributed by atoms with E-state index in [9.17, 15) is 4.79 Å². The summed E-state index contributed by atoms with van der Waals surface area (Å²) >= 11 is 0. The van der Waals surface area contributed by atoms with Crippen LogP contribution >= 0.6 is 0 Å². The van der Waals surface area contributed by atoms with Gasteiger partial charge in [-0.25, -0.2) is 4.79 Å². The van der Waals surface area contributed by atoms with Gasteiger partial charge in [-0.2, -0.15) is 0 Å². The normalized spacial score (nSPS) is 11.6. The third kappa shape index (κ3) is 5.72. The lowest BCUT2D eigenvalue weighted by Gasteiger charge is -2.20. The predicted molar refractivity (Wildman–Crippen MR) is 77.5 cm³/mol. The monoisotopic (exact) mass is 280 g/mol. The van der Waals surface area contributed by atoms with Crippen LogP contribution in [-0.2, 0) is 14.0 Å². The first-order chi connectivity index (χ1) is 8.96. The maximum Gasteiger partial charge on any atom is 0.330 e. The van der Waals surface area contributed by atoms with Crippen molar-refractivity contribution >= 4 is 20.4 Å². The fourth-order valence-corrected chi connectivity index (χ4v) is 1.86. The Balaban J connectivity index is 2.57. The van der Waals surface area contributed by atoms with Crippen molar-refractivity contribution in [2.24, 2.45) is 0 Å². The Morgan fingerprint density at radius 1 is 1.21 bits per heavy atom. The summed E-state index contributed by atoms with van der Waals surface area (Å²) in [6.45, 7) is 4.20. The summed E-state index contributed by atoms with van der Waals surface area (Å²) in [4.78, 5) is 11.0. The average molecular weight is 280 g/mol. The Kier molecular flexibility index (Phi) is 5.79. The molecule has 0 saturated carbocycles. The number of ether oxygens (including phenoxy) is 2. The van der Waals surface area contributed by atoms with Crippen LogP contribution in [0.4, 0.5) is 0 Å². The highest BCUT2D eigenvalue weighted by molar-refractivity contribution is 6.71. The van der Waals surface area contributed by atoms with E-state index in [2.05, 4.69) is 17.8 Å². The number of esters is 1. The number of methoxy groups -OCH3 is 1. The van der Waals surface area contributed by atoms with E-state index < -0.39 is 8.32 Å². The fourth-order valence-electron chi connectivity index (χ4n) is 1.22. The predicted octanol–water partition coefficient (Wildman–Crippen LogP) is 2.64. The van der Waals surface area contributed by atoms with Crippen LogP contribution in [0.3, 0.4) is 0 Å². The highest BCUT2D eigenvalue weighted by Gasteiger charge is 2.21. The number of hydrogen-bond acceptors (Lipinski definition) is 4. The van der Waals surface area contributed by atoms with E-state index in [-0.39, 0.29) is 5.97 Å². The number of carbonyl (C=O) groups excluding carboxylic acids is 1. The summed E-state index contributed by atoms with van der Waals surface area (Å²) in [5.41, 5.74) is 0.918. The third-order valence-corrected chi connectivity index (χ3v) is 4.58. The molecule has 0 atom stereocenters. The van der Waals surface area contributed by atoms with Gasteiger partial charge in [-0.3, -0.25) is 0 Å². The maximum atomic E-state index is 11.0. The second kappa shape index (κ2) is 7.11. The Morgan fingerprint density at radius 3 is 2.37 bits per heavy atom. The first-order valence-corrected chi connectivity index (χ1v) is 9.12. The van der Waals surface area contributed by atoms with Crippen molar-refractivity contribution in [1.29, 1.82) is 0 Å². The van der Waals surface area contributed by atoms with E-state index in [1.54, 1.807) is 13.2 Å². The second-order valence-electron chi connectivity index (χ2n) is 4.68. The summed E-state index contributed by atoms with van der Waals surface area (Å²) < 4.78 is 15.6. The first kappa shape index (κ1) is 15.5. The van der Waals surface area contributed by atoms with Gasteiger partial charge in [-0.1, -0.05) is 12.1 Å². The summed E-state index contributed by atoms with van der Waals surface area (Å²) in [6, 6.07) is 7.51. The minimum absolute atomic E-state index is 0.367. The van der Waals surface area contributed by atoms with Crippen molar-refractivity contribution in [3.05, 3.63) is 35.9 Å². The number of benzene rings is 1. The van der Waals surface area contributed by atoms with Crippen LogP contribution in [0, 0.1) is 0 Å². The Labute approximate surface area is 115 Å². The van der Waals surface area contributed by atoms with Crippen LogP contribution in [-0.4, -0.2) is 34.7 Å². The quantitative estimate of drug-likeness (QED) is 0.456. The molecule has 0 aliphatic heterocycles. The maximum absolute atomic E-state index is 11.0. The summed E-state index contributed by atoms with van der Waals surface area (Å²) in [5.74, 6) is 0.431. The van der Waals surface area contributed by atoms with Gasteiger partial charge in [0.15, 0.2) is 0 Å². The molecule has 104 valence electrons. The molecule has 0 bridgehead atoms. The van der Waals surface area contributed by atoms with Crippen molar-refractivity contribution < 1.29 is 18.7 Å². The highest BCUT2D eigenvalue weighted by atomic mass is 28.4. The zero-order valence-corrected chi connectivity index (χ0v) is 12.8. The molecule has 0 fully saturated rings. The van der Waals surface area contributed by atoms with Crippen molar-refractivity contribution in [2.45, 2.75) is 13.1 Å². The van der Waals surface area contributed by atoms with Crippen molar-refractivity contribution in [2.75, 3.05) is 20.4 Å². The van der Waals surface area contributed by atoms with Gasteiger partial charge < -0.3 is 13.9 Å². The molecule has 0 N–H and O–H groups in total. The molecular weight excluding hydrogens is 260 g/mol. The second-order valence-corrected chi connectivity index (χ2v) is 8.89. The number of hydrogen-bond donors (Lipinski definition) is 0. The van der Waals surface area contributed by atoms with Crippen LogP contribution in [0.15, 0.2) is 30.3 Å². The molecule has 0 aliphatic rings. The van der Waals surface area contributed by atoms with Crippen LogP contribution < -0.4 is 4.74 Å². The van der Waals surface area contributed by atoms with Gasteiger partial charge in [0.05, 0.1) is 7.11 Å². The molecule has 0 spiro atoms. The molecule has 0 aliphatic carbocycles. The van der Waals surface area contributed by atoms with Crippen molar-refractivity contribution in [1.82, 2.24) is 0 Å². The first-order valence-electron chi connectivity index (χ1n) is 6.01. The molecule has 0 heterocycles. The number of rotatable bonds is 6. The van der Waals surface area contributed by atoms with Gasteiger partial charge in [0, 0.05) is 13.2 Å². The van der Waals surface area contributed by atoms with Crippen LogP contribution in [0.2, 0.25) is 13.1 Å². The summed E-state index contributed by atoms with van der Waals surface area (Å²) in [7, 11) is 1.36. The minimum atomic E-state index is -1.71. The van der Waals surface area contributed by atoms with Gasteiger partial charge in [0.1, 0.15) is 12.0 Å². The largest absolute Gasteiger partial charge is 0.494 e.